The van der Waals surface area contributed by atoms with Gasteiger partial charge in [0.15, 0.2) is 11.5 Å². The number of carbonyl (C=O) groups is 1. The molecule has 1 fully saturated rings. The zero-order valence-electron chi connectivity index (χ0n) is 12.1. The maximum absolute atomic E-state index is 12.7. The third-order valence-electron chi connectivity index (χ3n) is 4.19. The molecular weight excluding hydrogens is 254 g/mol. The number of likely N-dealkylation sites (tertiary alicyclic amines) is 1. The molecule has 3 rings (SSSR count). The highest BCUT2D eigenvalue weighted by Crippen LogP contribution is 2.36. The molecule has 0 radical (unpaired) electrons. The van der Waals surface area contributed by atoms with Gasteiger partial charge in [-0.2, -0.15) is 0 Å². The topological polar surface area (TPSA) is 38.8 Å². The van der Waals surface area contributed by atoms with Gasteiger partial charge in [-0.25, -0.2) is 0 Å². The summed E-state index contributed by atoms with van der Waals surface area (Å²) in [7, 11) is 0. The van der Waals surface area contributed by atoms with E-state index in [0.29, 0.717) is 13.2 Å². The van der Waals surface area contributed by atoms with Gasteiger partial charge in [-0.3, -0.25) is 4.79 Å². The number of amides is 1. The smallest absolute Gasteiger partial charge is 0.232 e. The zero-order chi connectivity index (χ0) is 14.2. The number of nitrogens with zero attached hydrogens (tertiary/aromatic N) is 1. The van der Waals surface area contributed by atoms with Crippen molar-refractivity contribution in [1.82, 2.24) is 4.90 Å². The Hall–Kier alpha value is -1.71. The molecule has 0 bridgehead atoms. The molecule has 0 N–H and O–H groups in total. The van der Waals surface area contributed by atoms with Crippen LogP contribution in [-0.2, 0) is 10.2 Å². The van der Waals surface area contributed by atoms with Gasteiger partial charge in [0.2, 0.25) is 5.91 Å². The zero-order valence-corrected chi connectivity index (χ0v) is 12.1. The van der Waals surface area contributed by atoms with E-state index in [-0.39, 0.29) is 5.91 Å². The maximum atomic E-state index is 12.7. The van der Waals surface area contributed by atoms with Gasteiger partial charge in [-0.1, -0.05) is 6.07 Å². The Morgan fingerprint density at radius 2 is 1.75 bits per heavy atom. The summed E-state index contributed by atoms with van der Waals surface area (Å²) in [6.45, 7) is 6.89. The molecule has 0 unspecified atom stereocenters. The quantitative estimate of drug-likeness (QED) is 0.831. The third-order valence-corrected chi connectivity index (χ3v) is 4.19. The lowest BCUT2D eigenvalue weighted by Gasteiger charge is -2.30. The highest BCUT2D eigenvalue weighted by atomic mass is 16.6. The molecule has 20 heavy (non-hydrogen) atoms. The first kappa shape index (κ1) is 13.3. The molecule has 0 saturated carbocycles. The predicted octanol–water partition coefficient (Wildman–Crippen LogP) is 2.36. The molecule has 0 atom stereocenters. The molecule has 4 heteroatoms. The Labute approximate surface area is 119 Å². The van der Waals surface area contributed by atoms with Crippen LogP contribution in [0.15, 0.2) is 18.2 Å². The molecule has 4 nitrogen and oxygen atoms in total. The summed E-state index contributed by atoms with van der Waals surface area (Å²) in [6, 6.07) is 5.83. The average Bonchev–Trinajstić information content (AvgIpc) is 3.00. The summed E-state index contributed by atoms with van der Waals surface area (Å²) in [6.07, 6.45) is 2.23. The minimum absolute atomic E-state index is 0.201. The van der Waals surface area contributed by atoms with Crippen molar-refractivity contribution in [2.45, 2.75) is 32.1 Å². The van der Waals surface area contributed by atoms with Crippen LogP contribution < -0.4 is 9.47 Å². The number of benzene rings is 1. The van der Waals surface area contributed by atoms with E-state index >= 15 is 0 Å². The SMILES string of the molecule is CC(C)(C(=O)N1CCCC1)c1ccc2c(c1)OCCO2. The lowest BCUT2D eigenvalue weighted by molar-refractivity contribution is -0.135. The summed E-state index contributed by atoms with van der Waals surface area (Å²) in [5.74, 6) is 1.71. The van der Waals surface area contributed by atoms with Crippen molar-refractivity contribution in [3.8, 4) is 11.5 Å². The molecule has 108 valence electrons. The third kappa shape index (κ3) is 2.23. The minimum Gasteiger partial charge on any atom is -0.486 e. The van der Waals surface area contributed by atoms with Crippen molar-refractivity contribution in [3.63, 3.8) is 0 Å². The van der Waals surface area contributed by atoms with Crippen LogP contribution >= 0.6 is 0 Å². The molecule has 0 spiro atoms. The van der Waals surface area contributed by atoms with E-state index < -0.39 is 5.41 Å². The van der Waals surface area contributed by atoms with Crippen molar-refractivity contribution >= 4 is 5.91 Å². The highest BCUT2D eigenvalue weighted by molar-refractivity contribution is 5.87. The summed E-state index contributed by atoms with van der Waals surface area (Å²) >= 11 is 0. The highest BCUT2D eigenvalue weighted by Gasteiger charge is 2.35. The summed E-state index contributed by atoms with van der Waals surface area (Å²) in [5.41, 5.74) is 0.457. The lowest BCUT2D eigenvalue weighted by atomic mass is 9.83. The second kappa shape index (κ2) is 5.00. The number of rotatable bonds is 2. The van der Waals surface area contributed by atoms with Gasteiger partial charge in [0, 0.05) is 13.1 Å². The fourth-order valence-corrected chi connectivity index (χ4v) is 2.87. The molecular formula is C16H21NO3. The molecule has 2 heterocycles. The van der Waals surface area contributed by atoms with Crippen LogP contribution in [0.5, 0.6) is 11.5 Å². The predicted molar refractivity (Wildman–Crippen MR) is 76.3 cm³/mol. The van der Waals surface area contributed by atoms with Gasteiger partial charge < -0.3 is 14.4 Å². The Morgan fingerprint density at radius 1 is 1.10 bits per heavy atom. The van der Waals surface area contributed by atoms with Gasteiger partial charge in [0.25, 0.3) is 0 Å². The van der Waals surface area contributed by atoms with Gasteiger partial charge >= 0.3 is 0 Å². The van der Waals surface area contributed by atoms with Crippen molar-refractivity contribution in [3.05, 3.63) is 23.8 Å². The number of hydrogen-bond acceptors (Lipinski definition) is 3. The molecule has 1 amide bonds. The van der Waals surface area contributed by atoms with E-state index in [2.05, 4.69) is 0 Å². The summed E-state index contributed by atoms with van der Waals surface area (Å²) in [4.78, 5) is 14.7. The standard InChI is InChI=1S/C16H21NO3/c1-16(2,15(18)17-7-3-4-8-17)12-5-6-13-14(11-12)20-10-9-19-13/h5-6,11H,3-4,7-10H2,1-2H3. The summed E-state index contributed by atoms with van der Waals surface area (Å²) in [5, 5.41) is 0. The van der Waals surface area contributed by atoms with Crippen LogP contribution in [0.3, 0.4) is 0 Å². The van der Waals surface area contributed by atoms with Gasteiger partial charge in [-0.05, 0) is 44.4 Å². The second-order valence-electron chi connectivity index (χ2n) is 5.98. The number of carbonyl (C=O) groups excluding carboxylic acids is 1. The van der Waals surface area contributed by atoms with Gasteiger partial charge in [0.05, 0.1) is 5.41 Å². The Kier molecular flexibility index (Phi) is 3.32. The first-order chi connectivity index (χ1) is 9.59. The number of ether oxygens (including phenoxy) is 2. The second-order valence-corrected chi connectivity index (χ2v) is 5.98. The molecule has 0 aliphatic carbocycles. The van der Waals surface area contributed by atoms with Gasteiger partial charge in [-0.15, -0.1) is 0 Å². The number of fused-ring (bicyclic) bond motifs is 1. The van der Waals surface area contributed by atoms with Crippen molar-refractivity contribution < 1.29 is 14.3 Å². The van der Waals surface area contributed by atoms with Crippen LogP contribution in [0.25, 0.3) is 0 Å². The average molecular weight is 275 g/mol. The molecule has 2 aliphatic heterocycles. The van der Waals surface area contributed by atoms with Crippen molar-refractivity contribution in [1.29, 1.82) is 0 Å². The molecule has 1 saturated heterocycles. The van der Waals surface area contributed by atoms with Crippen LogP contribution in [0.4, 0.5) is 0 Å². The summed E-state index contributed by atoms with van der Waals surface area (Å²) < 4.78 is 11.1. The molecule has 0 aromatic heterocycles. The molecule has 1 aromatic carbocycles. The van der Waals surface area contributed by atoms with Crippen LogP contribution in [0.2, 0.25) is 0 Å². The van der Waals surface area contributed by atoms with Crippen molar-refractivity contribution in [2.24, 2.45) is 0 Å². The van der Waals surface area contributed by atoms with E-state index in [9.17, 15) is 4.79 Å². The van der Waals surface area contributed by atoms with E-state index in [1.807, 2.05) is 36.9 Å². The van der Waals surface area contributed by atoms with Gasteiger partial charge in [0.1, 0.15) is 13.2 Å². The van der Waals surface area contributed by atoms with E-state index in [1.54, 1.807) is 0 Å². The van der Waals surface area contributed by atoms with E-state index in [0.717, 1.165) is 43.0 Å². The first-order valence-corrected chi connectivity index (χ1v) is 7.28. The fraction of sp³-hybridized carbons (Fsp3) is 0.562. The van der Waals surface area contributed by atoms with Crippen molar-refractivity contribution in [2.75, 3.05) is 26.3 Å². The Balaban J connectivity index is 1.88. The first-order valence-electron chi connectivity index (χ1n) is 7.28. The van der Waals surface area contributed by atoms with E-state index in [1.165, 1.54) is 0 Å². The minimum atomic E-state index is -0.528. The van der Waals surface area contributed by atoms with Crippen LogP contribution in [0.1, 0.15) is 32.3 Å². The monoisotopic (exact) mass is 275 g/mol. The Bertz CT molecular complexity index is 518. The van der Waals surface area contributed by atoms with Crippen LogP contribution in [0, 0.1) is 0 Å². The number of hydrogen-bond donors (Lipinski definition) is 0. The molecule has 2 aliphatic rings. The lowest BCUT2D eigenvalue weighted by Crippen LogP contribution is -2.42. The fourth-order valence-electron chi connectivity index (χ4n) is 2.87. The largest absolute Gasteiger partial charge is 0.486 e. The maximum Gasteiger partial charge on any atom is 0.232 e. The normalized spacial score (nSPS) is 18.2. The Morgan fingerprint density at radius 3 is 2.45 bits per heavy atom. The van der Waals surface area contributed by atoms with Crippen LogP contribution in [-0.4, -0.2) is 37.1 Å². The molecule has 1 aromatic rings. The van der Waals surface area contributed by atoms with E-state index in [4.69, 9.17) is 9.47 Å².